The van der Waals surface area contributed by atoms with Gasteiger partial charge in [0.15, 0.2) is 5.78 Å². The summed E-state index contributed by atoms with van der Waals surface area (Å²) in [4.78, 5) is 19.4. The van der Waals surface area contributed by atoms with E-state index in [1.165, 1.54) is 6.20 Å². The van der Waals surface area contributed by atoms with Gasteiger partial charge in [0.25, 0.3) is 0 Å². The van der Waals surface area contributed by atoms with Crippen LogP contribution in [-0.2, 0) is 6.18 Å². The fraction of sp³-hybridized carbons (Fsp3) is 0.267. The van der Waals surface area contributed by atoms with Crippen LogP contribution in [0.5, 0.6) is 5.88 Å². The van der Waals surface area contributed by atoms with Crippen molar-refractivity contribution in [2.24, 2.45) is 0 Å². The molecule has 0 radical (unpaired) electrons. The third-order valence-electron chi connectivity index (χ3n) is 2.94. The number of pyridine rings is 2. The first kappa shape index (κ1) is 18.5. The predicted molar refractivity (Wildman–Crippen MR) is 82.6 cm³/mol. The average Bonchev–Trinajstić information content (AvgIpc) is 2.52. The number of hydrogen-bond donors (Lipinski definition) is 0. The van der Waals surface area contributed by atoms with E-state index in [9.17, 15) is 18.0 Å². The van der Waals surface area contributed by atoms with Crippen LogP contribution in [-0.4, -0.2) is 22.4 Å². The largest absolute Gasteiger partial charge is 0.477 e. The molecule has 0 aliphatic carbocycles. The molecule has 0 spiro atoms. The van der Waals surface area contributed by atoms with Crippen LogP contribution in [0.2, 0.25) is 10.0 Å². The van der Waals surface area contributed by atoms with Gasteiger partial charge in [-0.15, -0.1) is 0 Å². The van der Waals surface area contributed by atoms with Gasteiger partial charge >= 0.3 is 6.18 Å². The van der Waals surface area contributed by atoms with Gasteiger partial charge in [0, 0.05) is 18.8 Å². The first-order valence-corrected chi connectivity index (χ1v) is 7.54. The lowest BCUT2D eigenvalue weighted by molar-refractivity contribution is -0.137. The highest BCUT2D eigenvalue weighted by molar-refractivity contribution is 6.33. The molecular weight excluding hydrogens is 368 g/mol. The van der Waals surface area contributed by atoms with E-state index in [2.05, 4.69) is 9.97 Å². The second-order valence-corrected chi connectivity index (χ2v) is 5.53. The highest BCUT2D eigenvalue weighted by Crippen LogP contribution is 2.33. The monoisotopic (exact) mass is 378 g/mol. The fourth-order valence-corrected chi connectivity index (χ4v) is 2.25. The number of ketones is 1. The number of hydrogen-bond acceptors (Lipinski definition) is 4. The SMILES string of the molecule is O=C(CCCOc1ncc(C(F)(F)F)cc1Cl)c1ncccc1Cl. The predicted octanol–water partition coefficient (Wildman–Crippen LogP) is 4.84. The number of rotatable bonds is 6. The van der Waals surface area contributed by atoms with Crippen LogP contribution < -0.4 is 4.74 Å². The molecule has 0 saturated heterocycles. The lowest BCUT2D eigenvalue weighted by Gasteiger charge is -2.10. The Kier molecular flexibility index (Phi) is 6.01. The van der Waals surface area contributed by atoms with Crippen molar-refractivity contribution in [3.8, 4) is 5.88 Å². The summed E-state index contributed by atoms with van der Waals surface area (Å²) in [5.74, 6) is -0.372. The van der Waals surface area contributed by atoms with Crippen molar-refractivity contribution in [2.45, 2.75) is 19.0 Å². The molecule has 0 N–H and O–H groups in total. The molecule has 0 saturated carbocycles. The minimum Gasteiger partial charge on any atom is -0.477 e. The lowest BCUT2D eigenvalue weighted by atomic mass is 10.1. The standard InChI is InChI=1S/C15H11Cl2F3N2O2/c16-10-3-1-5-21-13(10)12(23)4-2-6-24-14-11(17)7-9(8-22-14)15(18,19)20/h1,3,5,7-8H,2,4,6H2. The third kappa shape index (κ3) is 4.82. The van der Waals surface area contributed by atoms with Crippen LogP contribution in [0.15, 0.2) is 30.6 Å². The maximum absolute atomic E-state index is 12.5. The topological polar surface area (TPSA) is 52.1 Å². The van der Waals surface area contributed by atoms with E-state index in [1.807, 2.05) is 0 Å². The molecule has 2 aromatic heterocycles. The van der Waals surface area contributed by atoms with Crippen LogP contribution in [0.1, 0.15) is 28.9 Å². The van der Waals surface area contributed by atoms with Crippen molar-refractivity contribution in [1.29, 1.82) is 0 Å². The van der Waals surface area contributed by atoms with Gasteiger partial charge in [-0.05, 0) is 24.6 Å². The molecule has 0 aromatic carbocycles. The molecule has 24 heavy (non-hydrogen) atoms. The van der Waals surface area contributed by atoms with E-state index in [1.54, 1.807) is 12.1 Å². The average molecular weight is 379 g/mol. The molecule has 0 aliphatic heterocycles. The molecule has 0 atom stereocenters. The molecule has 0 unspecified atom stereocenters. The summed E-state index contributed by atoms with van der Waals surface area (Å²) in [5.41, 5.74) is -0.787. The van der Waals surface area contributed by atoms with Gasteiger partial charge < -0.3 is 4.74 Å². The Bertz CT molecular complexity index is 739. The summed E-state index contributed by atoms with van der Waals surface area (Å²) >= 11 is 11.6. The van der Waals surface area contributed by atoms with Crippen molar-refractivity contribution in [3.63, 3.8) is 0 Å². The Balaban J connectivity index is 1.87. The number of ether oxygens (including phenoxy) is 1. The van der Waals surface area contributed by atoms with E-state index >= 15 is 0 Å². The summed E-state index contributed by atoms with van der Waals surface area (Å²) < 4.78 is 42.7. The van der Waals surface area contributed by atoms with E-state index in [-0.39, 0.29) is 40.4 Å². The molecular formula is C15H11Cl2F3N2O2. The molecule has 0 bridgehead atoms. The van der Waals surface area contributed by atoms with Crippen molar-refractivity contribution in [3.05, 3.63) is 51.9 Å². The summed E-state index contributed by atoms with van der Waals surface area (Å²) in [6.45, 7) is 0.0638. The number of halogens is 5. The first-order chi connectivity index (χ1) is 11.3. The van der Waals surface area contributed by atoms with E-state index in [4.69, 9.17) is 27.9 Å². The van der Waals surface area contributed by atoms with Gasteiger partial charge in [0.2, 0.25) is 5.88 Å². The number of alkyl halides is 3. The Labute approximate surface area is 145 Å². The van der Waals surface area contributed by atoms with Gasteiger partial charge in [-0.3, -0.25) is 9.78 Å². The van der Waals surface area contributed by atoms with Gasteiger partial charge in [0.1, 0.15) is 10.7 Å². The first-order valence-electron chi connectivity index (χ1n) is 6.78. The van der Waals surface area contributed by atoms with Gasteiger partial charge in [0.05, 0.1) is 17.2 Å². The number of nitrogens with zero attached hydrogens (tertiary/aromatic N) is 2. The van der Waals surface area contributed by atoms with Crippen molar-refractivity contribution in [1.82, 2.24) is 9.97 Å². The maximum atomic E-state index is 12.5. The molecule has 2 rings (SSSR count). The maximum Gasteiger partial charge on any atom is 0.417 e. The quantitative estimate of drug-likeness (QED) is 0.532. The summed E-state index contributed by atoms with van der Waals surface area (Å²) in [7, 11) is 0. The van der Waals surface area contributed by atoms with Crippen LogP contribution in [0.3, 0.4) is 0 Å². The lowest BCUT2D eigenvalue weighted by Crippen LogP contribution is -2.08. The molecule has 0 amide bonds. The second kappa shape index (κ2) is 7.81. The smallest absolute Gasteiger partial charge is 0.417 e. The fourth-order valence-electron chi connectivity index (χ4n) is 1.80. The molecule has 0 aliphatic rings. The third-order valence-corrected chi connectivity index (χ3v) is 3.52. The molecule has 128 valence electrons. The van der Waals surface area contributed by atoms with Crippen LogP contribution in [0.4, 0.5) is 13.2 Å². The zero-order chi connectivity index (χ0) is 17.7. The zero-order valence-corrected chi connectivity index (χ0v) is 13.6. The molecule has 0 fully saturated rings. The summed E-state index contributed by atoms with van der Waals surface area (Å²) in [5, 5.41) is 0.0137. The Morgan fingerprint density at radius 3 is 2.58 bits per heavy atom. The van der Waals surface area contributed by atoms with Crippen LogP contribution in [0, 0.1) is 0 Å². The number of carbonyl (C=O) groups excluding carboxylic acids is 1. The van der Waals surface area contributed by atoms with E-state index < -0.39 is 11.7 Å². The Morgan fingerprint density at radius 1 is 1.21 bits per heavy atom. The van der Waals surface area contributed by atoms with Crippen LogP contribution >= 0.6 is 23.2 Å². The highest BCUT2D eigenvalue weighted by atomic mass is 35.5. The number of Topliss-reactive ketones (excluding diaryl/α,β-unsaturated/α-hetero) is 1. The molecule has 4 nitrogen and oxygen atoms in total. The van der Waals surface area contributed by atoms with Gasteiger partial charge in [-0.2, -0.15) is 13.2 Å². The van der Waals surface area contributed by atoms with Gasteiger partial charge in [-0.1, -0.05) is 23.2 Å². The normalized spacial score (nSPS) is 11.4. The van der Waals surface area contributed by atoms with Crippen molar-refractivity contribution in [2.75, 3.05) is 6.61 Å². The zero-order valence-electron chi connectivity index (χ0n) is 12.1. The summed E-state index contributed by atoms with van der Waals surface area (Å²) in [6.07, 6.45) is -2.00. The van der Waals surface area contributed by atoms with E-state index in [0.717, 1.165) is 6.07 Å². The molecule has 9 heteroatoms. The summed E-state index contributed by atoms with van der Waals surface area (Å²) in [6, 6.07) is 3.91. The van der Waals surface area contributed by atoms with E-state index in [0.29, 0.717) is 12.6 Å². The molecule has 2 heterocycles. The minimum atomic E-state index is -4.52. The second-order valence-electron chi connectivity index (χ2n) is 4.72. The van der Waals surface area contributed by atoms with Crippen molar-refractivity contribution >= 4 is 29.0 Å². The highest BCUT2D eigenvalue weighted by Gasteiger charge is 2.31. The Hall–Kier alpha value is -1.86. The Morgan fingerprint density at radius 2 is 1.96 bits per heavy atom. The van der Waals surface area contributed by atoms with Crippen LogP contribution in [0.25, 0.3) is 0 Å². The molecule has 2 aromatic rings. The van der Waals surface area contributed by atoms with Crippen molar-refractivity contribution < 1.29 is 22.7 Å². The minimum absolute atomic E-state index is 0.0638. The van der Waals surface area contributed by atoms with Gasteiger partial charge in [-0.25, -0.2) is 4.98 Å². The number of aromatic nitrogens is 2. The number of carbonyl (C=O) groups is 1.